The highest BCUT2D eigenvalue weighted by Gasteiger charge is 2.28. The first kappa shape index (κ1) is 24.1. The fraction of sp³-hybridized carbons (Fsp3) is 0.458. The van der Waals surface area contributed by atoms with E-state index in [1.165, 1.54) is 23.5 Å². The minimum atomic E-state index is -3.66. The van der Waals surface area contributed by atoms with Crippen LogP contribution in [-0.4, -0.2) is 45.9 Å². The number of methoxy groups -OCH3 is 2. The number of aryl methyl sites for hydroxylation is 1. The molecule has 1 aliphatic rings. The van der Waals surface area contributed by atoms with E-state index in [0.717, 1.165) is 36.1 Å². The smallest absolute Gasteiger partial charge is 0.255 e. The van der Waals surface area contributed by atoms with Gasteiger partial charge in [0.25, 0.3) is 5.91 Å². The van der Waals surface area contributed by atoms with Gasteiger partial charge in [0.1, 0.15) is 11.5 Å². The number of carbonyl (C=O) groups excluding carboxylic acids is 1. The van der Waals surface area contributed by atoms with Crippen LogP contribution < -0.4 is 14.8 Å². The molecule has 2 aromatic carbocycles. The van der Waals surface area contributed by atoms with Crippen LogP contribution in [-0.2, 0) is 10.0 Å². The van der Waals surface area contributed by atoms with Crippen LogP contribution in [0.25, 0.3) is 0 Å². The molecule has 1 aliphatic heterocycles. The molecule has 1 amide bonds. The van der Waals surface area contributed by atoms with Crippen molar-refractivity contribution in [1.82, 2.24) is 9.62 Å². The fourth-order valence-corrected chi connectivity index (χ4v) is 5.60. The molecular formula is C24H32N2O5S. The summed E-state index contributed by atoms with van der Waals surface area (Å²) < 4.78 is 38.4. The normalized spacial score (nSPS) is 15.8. The minimum absolute atomic E-state index is 0.110. The van der Waals surface area contributed by atoms with Crippen molar-refractivity contribution in [2.24, 2.45) is 0 Å². The molecule has 7 nitrogen and oxygen atoms in total. The summed E-state index contributed by atoms with van der Waals surface area (Å²) in [6.07, 6.45) is 3.40. The first-order valence-electron chi connectivity index (χ1n) is 11.0. The molecule has 1 fully saturated rings. The number of piperidine rings is 1. The number of amides is 1. The number of sulfonamides is 1. The Bertz CT molecular complexity index is 1060. The van der Waals surface area contributed by atoms with E-state index in [1.54, 1.807) is 13.2 Å². The molecular weight excluding hydrogens is 428 g/mol. The molecule has 1 heterocycles. The third-order valence-electron chi connectivity index (χ3n) is 5.90. The molecule has 1 saturated heterocycles. The average molecular weight is 461 g/mol. The first-order valence-corrected chi connectivity index (χ1v) is 12.4. The van der Waals surface area contributed by atoms with Crippen LogP contribution >= 0.6 is 0 Å². The molecule has 32 heavy (non-hydrogen) atoms. The Morgan fingerprint density at radius 2 is 1.69 bits per heavy atom. The Kier molecular flexibility index (Phi) is 7.79. The molecule has 0 aromatic heterocycles. The third-order valence-corrected chi connectivity index (χ3v) is 7.80. The van der Waals surface area contributed by atoms with Gasteiger partial charge in [0.2, 0.25) is 10.0 Å². The summed E-state index contributed by atoms with van der Waals surface area (Å²) in [5.41, 5.74) is 2.13. The number of hydrogen-bond donors (Lipinski definition) is 1. The number of nitrogens with zero attached hydrogens (tertiary/aromatic N) is 1. The molecule has 0 unspecified atom stereocenters. The number of hydrogen-bond acceptors (Lipinski definition) is 5. The van der Waals surface area contributed by atoms with Crippen LogP contribution in [0.1, 0.15) is 60.1 Å². The van der Waals surface area contributed by atoms with Crippen LogP contribution in [0.3, 0.4) is 0 Å². The molecule has 8 heteroatoms. The summed E-state index contributed by atoms with van der Waals surface area (Å²) >= 11 is 0. The lowest BCUT2D eigenvalue weighted by Gasteiger charge is -2.26. The third kappa shape index (κ3) is 5.07. The van der Waals surface area contributed by atoms with E-state index in [9.17, 15) is 13.2 Å². The quantitative estimate of drug-likeness (QED) is 0.642. The Morgan fingerprint density at radius 1 is 1.03 bits per heavy atom. The largest absolute Gasteiger partial charge is 0.496 e. The molecule has 0 saturated carbocycles. The van der Waals surface area contributed by atoms with Gasteiger partial charge >= 0.3 is 0 Å². The van der Waals surface area contributed by atoms with Crippen molar-refractivity contribution in [3.8, 4) is 11.5 Å². The van der Waals surface area contributed by atoms with Gasteiger partial charge in [0.15, 0.2) is 0 Å². The topological polar surface area (TPSA) is 84.9 Å². The lowest BCUT2D eigenvalue weighted by molar-refractivity contribution is 0.0932. The van der Waals surface area contributed by atoms with Gasteiger partial charge in [-0.15, -0.1) is 0 Å². The molecule has 1 atom stereocenters. The molecule has 0 spiro atoms. The first-order chi connectivity index (χ1) is 15.3. The second kappa shape index (κ2) is 10.4. The van der Waals surface area contributed by atoms with Crippen molar-refractivity contribution in [2.75, 3.05) is 27.3 Å². The van der Waals surface area contributed by atoms with Crippen molar-refractivity contribution in [3.63, 3.8) is 0 Å². The zero-order valence-corrected chi connectivity index (χ0v) is 20.0. The molecule has 0 radical (unpaired) electrons. The van der Waals surface area contributed by atoms with E-state index in [2.05, 4.69) is 5.32 Å². The highest BCUT2D eigenvalue weighted by molar-refractivity contribution is 7.89. The molecule has 0 bridgehead atoms. The Balaban J connectivity index is 1.89. The summed E-state index contributed by atoms with van der Waals surface area (Å²) in [6, 6.07) is 10.0. The van der Waals surface area contributed by atoms with Crippen molar-refractivity contribution in [1.29, 1.82) is 0 Å². The van der Waals surface area contributed by atoms with Gasteiger partial charge in [-0.2, -0.15) is 4.31 Å². The van der Waals surface area contributed by atoms with E-state index >= 15 is 0 Å². The predicted molar refractivity (Wildman–Crippen MR) is 124 cm³/mol. The lowest BCUT2D eigenvalue weighted by atomic mass is 10.0. The molecule has 3 rings (SSSR count). The number of carbonyl (C=O) groups is 1. The van der Waals surface area contributed by atoms with Crippen LogP contribution in [0.2, 0.25) is 0 Å². The number of nitrogens with one attached hydrogen (secondary N) is 1. The Labute approximate surface area is 190 Å². The Morgan fingerprint density at radius 3 is 2.28 bits per heavy atom. The van der Waals surface area contributed by atoms with Gasteiger partial charge in [-0.3, -0.25) is 4.79 Å². The van der Waals surface area contributed by atoms with Crippen molar-refractivity contribution >= 4 is 15.9 Å². The molecule has 174 valence electrons. The summed E-state index contributed by atoms with van der Waals surface area (Å²) in [7, 11) is -0.568. The standard InChI is InChI=1S/C24H32N2O5S/c1-5-21(18-9-11-22(30-3)17(2)15-18)25-24(27)20-16-19(10-12-23(20)31-4)32(28,29)26-13-7-6-8-14-26/h9-12,15-16,21H,5-8,13-14H2,1-4H3,(H,25,27)/t21-/m0/s1. The van der Waals surface area contributed by atoms with Crippen LogP contribution in [0.4, 0.5) is 0 Å². The number of ether oxygens (including phenoxy) is 2. The SMILES string of the molecule is CC[C@H](NC(=O)c1cc(S(=O)(=O)N2CCCCC2)ccc1OC)c1ccc(OC)c(C)c1. The molecule has 2 aromatic rings. The van der Waals surface area contributed by atoms with Crippen LogP contribution in [0.15, 0.2) is 41.3 Å². The minimum Gasteiger partial charge on any atom is -0.496 e. The highest BCUT2D eigenvalue weighted by atomic mass is 32.2. The van der Waals surface area contributed by atoms with E-state index < -0.39 is 10.0 Å². The number of rotatable bonds is 8. The maximum Gasteiger partial charge on any atom is 0.255 e. The van der Waals surface area contributed by atoms with Gasteiger partial charge in [0.05, 0.1) is 30.7 Å². The summed E-state index contributed by atoms with van der Waals surface area (Å²) in [6.45, 7) is 4.95. The Hall–Kier alpha value is -2.58. The van der Waals surface area contributed by atoms with E-state index in [1.807, 2.05) is 32.0 Å². The summed E-state index contributed by atoms with van der Waals surface area (Å²) in [5.74, 6) is 0.742. The van der Waals surface area contributed by atoms with Gasteiger partial charge in [-0.1, -0.05) is 25.5 Å². The second-order valence-corrected chi connectivity index (χ2v) is 9.93. The second-order valence-electron chi connectivity index (χ2n) is 7.99. The van der Waals surface area contributed by atoms with E-state index in [-0.39, 0.29) is 22.4 Å². The monoisotopic (exact) mass is 460 g/mol. The van der Waals surface area contributed by atoms with E-state index in [0.29, 0.717) is 25.3 Å². The lowest BCUT2D eigenvalue weighted by Crippen LogP contribution is -2.35. The summed E-state index contributed by atoms with van der Waals surface area (Å²) in [4.78, 5) is 13.3. The van der Waals surface area contributed by atoms with Gasteiger partial charge in [-0.25, -0.2) is 8.42 Å². The van der Waals surface area contributed by atoms with Crippen LogP contribution in [0.5, 0.6) is 11.5 Å². The fourth-order valence-electron chi connectivity index (χ4n) is 4.05. The van der Waals surface area contributed by atoms with Crippen LogP contribution in [0, 0.1) is 6.92 Å². The zero-order chi connectivity index (χ0) is 23.3. The van der Waals surface area contributed by atoms with Gasteiger partial charge in [-0.05, 0) is 61.6 Å². The maximum absolute atomic E-state index is 13.2. The van der Waals surface area contributed by atoms with Crippen molar-refractivity contribution < 1.29 is 22.7 Å². The summed E-state index contributed by atoms with van der Waals surface area (Å²) in [5, 5.41) is 3.03. The zero-order valence-electron chi connectivity index (χ0n) is 19.2. The predicted octanol–water partition coefficient (Wildman–Crippen LogP) is 4.07. The number of benzene rings is 2. The molecule has 1 N–H and O–H groups in total. The van der Waals surface area contributed by atoms with Gasteiger partial charge < -0.3 is 14.8 Å². The maximum atomic E-state index is 13.2. The van der Waals surface area contributed by atoms with E-state index in [4.69, 9.17) is 9.47 Å². The highest BCUT2D eigenvalue weighted by Crippen LogP contribution is 2.28. The average Bonchev–Trinajstić information content (AvgIpc) is 2.82. The van der Waals surface area contributed by atoms with Crippen molar-refractivity contribution in [3.05, 3.63) is 53.1 Å². The van der Waals surface area contributed by atoms with Crippen molar-refractivity contribution in [2.45, 2.75) is 50.5 Å². The van der Waals surface area contributed by atoms with Gasteiger partial charge in [0, 0.05) is 13.1 Å². The molecule has 0 aliphatic carbocycles.